The van der Waals surface area contributed by atoms with E-state index in [1.54, 1.807) is 6.92 Å². The van der Waals surface area contributed by atoms with Crippen molar-refractivity contribution in [2.24, 2.45) is 5.92 Å². The number of hydrogen-bond donors (Lipinski definition) is 1. The van der Waals surface area contributed by atoms with E-state index < -0.39 is 29.5 Å². The summed E-state index contributed by atoms with van der Waals surface area (Å²) in [5, 5.41) is 15.4. The summed E-state index contributed by atoms with van der Waals surface area (Å²) in [7, 11) is 0. The highest BCUT2D eigenvalue weighted by molar-refractivity contribution is 5.88. The third-order valence-electron chi connectivity index (χ3n) is 2.27. The molecule has 0 spiro atoms. The molecule has 0 amide bonds. The number of carbonyl (C=O) groups excluding carboxylic acids is 1. The van der Waals surface area contributed by atoms with Gasteiger partial charge in [0.15, 0.2) is 5.69 Å². The predicted octanol–water partition coefficient (Wildman–Crippen LogP) is 1.10. The van der Waals surface area contributed by atoms with Crippen molar-refractivity contribution in [1.82, 2.24) is 15.0 Å². The Hall–Kier alpha value is -1.64. The SMILES string of the molecule is CCOC(=O)c1nnn(CC(C)CO)c1C(F)(F)F. The fraction of sp³-hybridized carbons (Fsp3) is 0.700. The van der Waals surface area contributed by atoms with Crippen LogP contribution in [0.1, 0.15) is 30.0 Å². The third kappa shape index (κ3) is 3.66. The van der Waals surface area contributed by atoms with E-state index in [1.807, 2.05) is 0 Å². The second kappa shape index (κ2) is 6.00. The van der Waals surface area contributed by atoms with Crippen LogP contribution in [0.15, 0.2) is 0 Å². The first-order valence-corrected chi connectivity index (χ1v) is 5.59. The Morgan fingerprint density at radius 2 is 2.16 bits per heavy atom. The van der Waals surface area contributed by atoms with Gasteiger partial charge < -0.3 is 9.84 Å². The largest absolute Gasteiger partial charge is 0.461 e. The number of hydrogen-bond acceptors (Lipinski definition) is 5. The molecule has 0 saturated carbocycles. The lowest BCUT2D eigenvalue weighted by atomic mass is 10.2. The average molecular weight is 281 g/mol. The predicted molar refractivity (Wildman–Crippen MR) is 57.2 cm³/mol. The van der Waals surface area contributed by atoms with Crippen LogP contribution in [0.25, 0.3) is 0 Å². The van der Waals surface area contributed by atoms with Crippen molar-refractivity contribution in [3.63, 3.8) is 0 Å². The number of alkyl halides is 3. The van der Waals surface area contributed by atoms with Crippen molar-refractivity contribution in [1.29, 1.82) is 0 Å². The fourth-order valence-electron chi connectivity index (χ4n) is 1.41. The maximum atomic E-state index is 12.9. The number of nitrogens with zero attached hydrogens (tertiary/aromatic N) is 3. The van der Waals surface area contributed by atoms with Crippen molar-refractivity contribution in [2.75, 3.05) is 13.2 Å². The highest BCUT2D eigenvalue weighted by Crippen LogP contribution is 2.31. The van der Waals surface area contributed by atoms with Crippen molar-refractivity contribution in [3.05, 3.63) is 11.4 Å². The van der Waals surface area contributed by atoms with Crippen LogP contribution >= 0.6 is 0 Å². The molecule has 0 radical (unpaired) electrons. The van der Waals surface area contributed by atoms with Gasteiger partial charge in [-0.25, -0.2) is 9.48 Å². The van der Waals surface area contributed by atoms with Crippen LogP contribution in [0.3, 0.4) is 0 Å². The van der Waals surface area contributed by atoms with E-state index in [4.69, 9.17) is 5.11 Å². The van der Waals surface area contributed by atoms with Crippen molar-refractivity contribution in [3.8, 4) is 0 Å². The van der Waals surface area contributed by atoms with E-state index in [0.29, 0.717) is 4.68 Å². The fourth-order valence-corrected chi connectivity index (χ4v) is 1.41. The molecule has 1 aromatic heterocycles. The maximum Gasteiger partial charge on any atom is 0.435 e. The van der Waals surface area contributed by atoms with E-state index in [-0.39, 0.29) is 19.8 Å². The summed E-state index contributed by atoms with van der Waals surface area (Å²) < 4.78 is 43.8. The van der Waals surface area contributed by atoms with Gasteiger partial charge >= 0.3 is 12.1 Å². The molecule has 0 fully saturated rings. The Morgan fingerprint density at radius 1 is 1.53 bits per heavy atom. The van der Waals surface area contributed by atoms with Gasteiger partial charge in [-0.2, -0.15) is 13.2 Å². The maximum absolute atomic E-state index is 12.9. The zero-order chi connectivity index (χ0) is 14.6. The van der Waals surface area contributed by atoms with Crippen LogP contribution in [-0.2, 0) is 17.5 Å². The van der Waals surface area contributed by atoms with Crippen LogP contribution in [-0.4, -0.2) is 39.3 Å². The summed E-state index contributed by atoms with van der Waals surface area (Å²) in [5.41, 5.74) is -2.12. The molecule has 108 valence electrons. The van der Waals surface area contributed by atoms with E-state index in [0.717, 1.165) is 0 Å². The standard InChI is InChI=1S/C10H14F3N3O3/c1-3-19-9(18)7-8(10(11,12)13)16(15-14-7)4-6(2)5-17/h6,17H,3-5H2,1-2H3. The van der Waals surface area contributed by atoms with Crippen LogP contribution in [0, 0.1) is 5.92 Å². The van der Waals surface area contributed by atoms with Gasteiger partial charge in [-0.05, 0) is 12.8 Å². The zero-order valence-electron chi connectivity index (χ0n) is 10.4. The zero-order valence-corrected chi connectivity index (χ0v) is 10.4. The lowest BCUT2D eigenvalue weighted by Crippen LogP contribution is -2.22. The van der Waals surface area contributed by atoms with Crippen LogP contribution in [0.2, 0.25) is 0 Å². The summed E-state index contributed by atoms with van der Waals surface area (Å²) >= 11 is 0. The third-order valence-corrected chi connectivity index (χ3v) is 2.27. The minimum absolute atomic E-state index is 0.0595. The molecule has 1 aromatic rings. The molecule has 0 bridgehead atoms. The molecule has 19 heavy (non-hydrogen) atoms. The second-order valence-electron chi connectivity index (χ2n) is 3.97. The molecule has 1 atom stereocenters. The Balaban J connectivity index is 3.16. The Bertz CT molecular complexity index is 445. The molecule has 0 aromatic carbocycles. The quantitative estimate of drug-likeness (QED) is 0.818. The molecule has 1 unspecified atom stereocenters. The highest BCUT2D eigenvalue weighted by Gasteiger charge is 2.42. The number of ether oxygens (including phenoxy) is 1. The topological polar surface area (TPSA) is 77.2 Å². The molecular formula is C10H14F3N3O3. The van der Waals surface area contributed by atoms with Crippen LogP contribution in [0.5, 0.6) is 0 Å². The second-order valence-corrected chi connectivity index (χ2v) is 3.97. The molecule has 0 aliphatic heterocycles. The smallest absolute Gasteiger partial charge is 0.435 e. The number of rotatable bonds is 5. The first-order chi connectivity index (χ1) is 8.81. The minimum atomic E-state index is -4.78. The first-order valence-electron chi connectivity index (χ1n) is 5.59. The van der Waals surface area contributed by atoms with Gasteiger partial charge in [0.25, 0.3) is 0 Å². The lowest BCUT2D eigenvalue weighted by Gasteiger charge is -2.13. The van der Waals surface area contributed by atoms with Gasteiger partial charge in [-0.3, -0.25) is 0 Å². The Morgan fingerprint density at radius 3 is 2.63 bits per heavy atom. The number of carbonyl (C=O) groups is 1. The van der Waals surface area contributed by atoms with Gasteiger partial charge in [-0.1, -0.05) is 12.1 Å². The number of esters is 1. The van der Waals surface area contributed by atoms with Crippen LogP contribution < -0.4 is 0 Å². The summed E-state index contributed by atoms with van der Waals surface area (Å²) in [5.74, 6) is -1.62. The van der Waals surface area contributed by atoms with Crippen LogP contribution in [0.4, 0.5) is 13.2 Å². The normalized spacial score (nSPS) is 13.4. The molecule has 1 heterocycles. The molecule has 0 saturated heterocycles. The van der Waals surface area contributed by atoms with Crippen molar-refractivity contribution < 1.29 is 27.8 Å². The summed E-state index contributed by atoms with van der Waals surface area (Å²) in [4.78, 5) is 11.4. The molecule has 0 aliphatic carbocycles. The summed E-state index contributed by atoms with van der Waals surface area (Å²) in [6.07, 6.45) is -4.78. The van der Waals surface area contributed by atoms with Gasteiger partial charge in [0.2, 0.25) is 5.69 Å². The van der Waals surface area contributed by atoms with Gasteiger partial charge in [0.1, 0.15) is 0 Å². The van der Waals surface area contributed by atoms with Gasteiger partial charge in [0.05, 0.1) is 6.61 Å². The van der Waals surface area contributed by atoms with E-state index >= 15 is 0 Å². The average Bonchev–Trinajstić information content (AvgIpc) is 2.72. The number of halogens is 3. The van der Waals surface area contributed by atoms with Crippen molar-refractivity contribution in [2.45, 2.75) is 26.6 Å². The highest BCUT2D eigenvalue weighted by atomic mass is 19.4. The Kier molecular flexibility index (Phi) is 4.87. The lowest BCUT2D eigenvalue weighted by molar-refractivity contribution is -0.145. The summed E-state index contributed by atoms with van der Waals surface area (Å²) in [6, 6.07) is 0. The van der Waals surface area contributed by atoms with Gasteiger partial charge in [-0.15, -0.1) is 5.10 Å². The van der Waals surface area contributed by atoms with E-state index in [1.165, 1.54) is 6.92 Å². The van der Waals surface area contributed by atoms with E-state index in [2.05, 4.69) is 15.0 Å². The minimum Gasteiger partial charge on any atom is -0.461 e. The first kappa shape index (κ1) is 15.4. The molecule has 9 heteroatoms. The van der Waals surface area contributed by atoms with E-state index in [9.17, 15) is 18.0 Å². The molecule has 1 N–H and O–H groups in total. The molecule has 0 aliphatic rings. The Labute approximate surface area is 107 Å². The van der Waals surface area contributed by atoms with Crippen molar-refractivity contribution >= 4 is 5.97 Å². The molecule has 6 nitrogen and oxygen atoms in total. The number of aliphatic hydroxyl groups excluding tert-OH is 1. The molecule has 1 rings (SSSR count). The van der Waals surface area contributed by atoms with Gasteiger partial charge in [0, 0.05) is 13.2 Å². The number of aliphatic hydroxyl groups is 1. The monoisotopic (exact) mass is 281 g/mol. The molecular weight excluding hydrogens is 267 g/mol. The number of aromatic nitrogens is 3. The summed E-state index contributed by atoms with van der Waals surface area (Å²) in [6.45, 7) is 2.47.